The summed E-state index contributed by atoms with van der Waals surface area (Å²) in [7, 11) is 0. The van der Waals surface area contributed by atoms with E-state index in [1.807, 2.05) is 52.0 Å². The normalized spacial score (nSPS) is 20.7. The van der Waals surface area contributed by atoms with Crippen LogP contribution in [-0.4, -0.2) is 63.7 Å². The molecule has 2 saturated heterocycles. The molecule has 11 heteroatoms. The van der Waals surface area contributed by atoms with Crippen molar-refractivity contribution in [3.8, 4) is 17.5 Å². The molecule has 0 spiro atoms. The molecule has 10 nitrogen and oxygen atoms in total. The number of carbonyl (C=O) groups excluding carboxylic acids is 1. The second-order valence-electron chi connectivity index (χ2n) is 10.7. The van der Waals surface area contributed by atoms with Gasteiger partial charge in [-0.05, 0) is 77.0 Å². The van der Waals surface area contributed by atoms with Gasteiger partial charge in [0.2, 0.25) is 11.8 Å². The number of likely N-dealkylation sites (tertiary alicyclic amines) is 1. The molecule has 2 fully saturated rings. The Morgan fingerprint density at radius 3 is 2.39 bits per heavy atom. The zero-order chi connectivity index (χ0) is 27.1. The van der Waals surface area contributed by atoms with Crippen LogP contribution in [0.4, 0.5) is 4.79 Å². The van der Waals surface area contributed by atoms with Gasteiger partial charge < -0.3 is 19.1 Å². The number of nitrogens with zero attached hydrogens (tertiary/aromatic N) is 3. The second-order valence-corrected chi connectivity index (χ2v) is 11.5. The Balaban J connectivity index is 1.20. The second kappa shape index (κ2) is 12.9. The third-order valence-corrected chi connectivity index (χ3v) is 7.21. The van der Waals surface area contributed by atoms with E-state index < -0.39 is 17.0 Å². The van der Waals surface area contributed by atoms with Crippen LogP contribution in [0.3, 0.4) is 0 Å². The van der Waals surface area contributed by atoms with Crippen molar-refractivity contribution in [1.82, 2.24) is 14.9 Å². The average molecular weight is 548 g/mol. The van der Waals surface area contributed by atoms with Crippen molar-refractivity contribution in [1.29, 1.82) is 0 Å². The minimum Gasteiger partial charge on any atom is -0.477 e. The number of rotatable bonds is 8. The standard InChI is InChI=1S/C27H37N3O7S/c1-19-24(33-15-5-6-20-11-13-30(14-12-20)26(31)37-27(2,3)4)28-18-29-25(19)36-23-9-7-21(8-10-23)22-16-34-38(32)35-17-22/h7-10,18,20,22H,5-6,11-17H2,1-4H3/t22-,38-. The summed E-state index contributed by atoms with van der Waals surface area (Å²) in [6.07, 6.45) is 5.11. The van der Waals surface area contributed by atoms with E-state index in [0.29, 0.717) is 43.2 Å². The number of aromatic nitrogens is 2. The van der Waals surface area contributed by atoms with Gasteiger partial charge in [-0.3, -0.25) is 8.37 Å². The number of benzene rings is 1. The minimum atomic E-state index is -1.65. The van der Waals surface area contributed by atoms with Crippen LogP contribution in [0.2, 0.25) is 0 Å². The molecule has 0 radical (unpaired) electrons. The van der Waals surface area contributed by atoms with Gasteiger partial charge in [-0.15, -0.1) is 0 Å². The Hall–Kier alpha value is -2.76. The molecule has 2 aliphatic heterocycles. The van der Waals surface area contributed by atoms with E-state index in [9.17, 15) is 9.00 Å². The number of amides is 1. The van der Waals surface area contributed by atoms with E-state index >= 15 is 0 Å². The predicted octanol–water partition coefficient (Wildman–Crippen LogP) is 5.09. The van der Waals surface area contributed by atoms with Gasteiger partial charge in [0.05, 0.1) is 25.4 Å². The third kappa shape index (κ3) is 8.12. The van der Waals surface area contributed by atoms with E-state index in [4.69, 9.17) is 22.6 Å². The smallest absolute Gasteiger partial charge is 0.410 e. The predicted molar refractivity (Wildman–Crippen MR) is 141 cm³/mol. The zero-order valence-corrected chi connectivity index (χ0v) is 23.3. The molecule has 2 aliphatic rings. The number of ether oxygens (including phenoxy) is 3. The van der Waals surface area contributed by atoms with Gasteiger partial charge in [0, 0.05) is 19.0 Å². The molecule has 0 unspecified atom stereocenters. The van der Waals surface area contributed by atoms with Crippen LogP contribution in [0, 0.1) is 12.8 Å². The van der Waals surface area contributed by atoms with E-state index in [0.717, 1.165) is 49.9 Å². The van der Waals surface area contributed by atoms with Gasteiger partial charge in [-0.2, -0.15) is 4.21 Å². The highest BCUT2D eigenvalue weighted by atomic mass is 32.2. The fourth-order valence-electron chi connectivity index (χ4n) is 4.41. The molecule has 1 aromatic carbocycles. The maximum absolute atomic E-state index is 12.2. The highest BCUT2D eigenvalue weighted by molar-refractivity contribution is 7.75. The van der Waals surface area contributed by atoms with Gasteiger partial charge in [0.1, 0.15) is 17.7 Å². The van der Waals surface area contributed by atoms with E-state index in [1.54, 1.807) is 4.90 Å². The van der Waals surface area contributed by atoms with Crippen molar-refractivity contribution >= 4 is 17.5 Å². The molecule has 38 heavy (non-hydrogen) atoms. The first-order valence-electron chi connectivity index (χ1n) is 13.1. The lowest BCUT2D eigenvalue weighted by atomic mass is 9.92. The van der Waals surface area contributed by atoms with E-state index in [-0.39, 0.29) is 12.0 Å². The molecular weight excluding hydrogens is 510 g/mol. The maximum atomic E-state index is 12.2. The molecule has 3 heterocycles. The first-order chi connectivity index (χ1) is 18.2. The van der Waals surface area contributed by atoms with Crippen LogP contribution in [0.5, 0.6) is 17.5 Å². The van der Waals surface area contributed by atoms with Gasteiger partial charge in [-0.1, -0.05) is 12.1 Å². The summed E-state index contributed by atoms with van der Waals surface area (Å²) in [5, 5.41) is 0. The van der Waals surface area contributed by atoms with E-state index in [2.05, 4.69) is 9.97 Å². The molecule has 4 rings (SSSR count). The van der Waals surface area contributed by atoms with Crippen molar-refractivity contribution in [3.05, 3.63) is 41.7 Å². The Kier molecular flexibility index (Phi) is 9.56. The van der Waals surface area contributed by atoms with Crippen LogP contribution in [0.1, 0.15) is 63.5 Å². The van der Waals surface area contributed by atoms with Crippen molar-refractivity contribution in [2.24, 2.45) is 5.92 Å². The number of hydrogen-bond acceptors (Lipinski definition) is 9. The average Bonchev–Trinajstić information content (AvgIpc) is 2.89. The number of carbonyl (C=O) groups is 1. The molecular formula is C27H37N3O7S. The van der Waals surface area contributed by atoms with Gasteiger partial charge >= 0.3 is 17.5 Å². The fraction of sp³-hybridized carbons (Fsp3) is 0.593. The summed E-state index contributed by atoms with van der Waals surface area (Å²) in [6, 6.07) is 7.59. The first kappa shape index (κ1) is 28.3. The Morgan fingerprint density at radius 1 is 1.08 bits per heavy atom. The molecule has 2 aromatic rings. The quantitative estimate of drug-likeness (QED) is 0.417. The molecule has 0 bridgehead atoms. The van der Waals surface area contributed by atoms with Crippen LogP contribution >= 0.6 is 0 Å². The lowest BCUT2D eigenvalue weighted by molar-refractivity contribution is 0.0179. The van der Waals surface area contributed by atoms with Crippen molar-refractivity contribution in [3.63, 3.8) is 0 Å². The topological polar surface area (TPSA) is 109 Å². The maximum Gasteiger partial charge on any atom is 0.410 e. The van der Waals surface area contributed by atoms with Crippen LogP contribution in [-0.2, 0) is 24.5 Å². The van der Waals surface area contributed by atoms with Crippen molar-refractivity contribution in [2.45, 2.75) is 64.9 Å². The summed E-state index contributed by atoms with van der Waals surface area (Å²) in [5.74, 6) is 2.19. The van der Waals surface area contributed by atoms with Crippen molar-refractivity contribution < 1.29 is 31.6 Å². The number of hydrogen-bond donors (Lipinski definition) is 0. The summed E-state index contributed by atoms with van der Waals surface area (Å²) < 4.78 is 38.8. The summed E-state index contributed by atoms with van der Waals surface area (Å²) in [6.45, 7) is 10.3. The fourth-order valence-corrected chi connectivity index (χ4v) is 5.03. The molecule has 0 saturated carbocycles. The Morgan fingerprint density at radius 2 is 1.74 bits per heavy atom. The highest BCUT2D eigenvalue weighted by Gasteiger charge is 2.27. The molecule has 0 N–H and O–H groups in total. The lowest BCUT2D eigenvalue weighted by Crippen LogP contribution is -2.41. The van der Waals surface area contributed by atoms with Gasteiger partial charge in [0.15, 0.2) is 0 Å². The van der Waals surface area contributed by atoms with Crippen LogP contribution < -0.4 is 9.47 Å². The third-order valence-electron chi connectivity index (χ3n) is 6.55. The first-order valence-corrected chi connectivity index (χ1v) is 14.1. The Labute approximate surface area is 226 Å². The molecule has 0 atom stereocenters. The van der Waals surface area contributed by atoms with Crippen LogP contribution in [0.25, 0.3) is 0 Å². The monoisotopic (exact) mass is 547 g/mol. The van der Waals surface area contributed by atoms with Crippen molar-refractivity contribution in [2.75, 3.05) is 32.9 Å². The minimum absolute atomic E-state index is 0.0278. The zero-order valence-electron chi connectivity index (χ0n) is 22.5. The lowest BCUT2D eigenvalue weighted by Gasteiger charge is -2.33. The molecule has 208 valence electrons. The van der Waals surface area contributed by atoms with Crippen LogP contribution in [0.15, 0.2) is 30.6 Å². The molecule has 0 aliphatic carbocycles. The van der Waals surface area contributed by atoms with E-state index in [1.165, 1.54) is 6.33 Å². The summed E-state index contributed by atoms with van der Waals surface area (Å²) >= 11 is -1.65. The summed E-state index contributed by atoms with van der Waals surface area (Å²) in [5.41, 5.74) is 1.29. The SMILES string of the molecule is Cc1c(OCCCC2CCN(C(=O)OC(C)(C)C)CC2)ncnc1Oc1ccc([C@H]2CO[S@](=O)OC2)cc1. The Bertz CT molecular complexity index is 1090. The summed E-state index contributed by atoms with van der Waals surface area (Å²) in [4.78, 5) is 22.6. The molecule has 1 amide bonds. The largest absolute Gasteiger partial charge is 0.477 e. The van der Waals surface area contributed by atoms with Gasteiger partial charge in [-0.25, -0.2) is 14.8 Å². The number of piperidine rings is 1. The van der Waals surface area contributed by atoms with Gasteiger partial charge in [0.25, 0.3) is 0 Å². The molecule has 1 aromatic heterocycles. The highest BCUT2D eigenvalue weighted by Crippen LogP contribution is 2.30.